The van der Waals surface area contributed by atoms with Gasteiger partial charge in [0, 0.05) is 13.1 Å². The minimum absolute atomic E-state index is 0.153. The van der Waals surface area contributed by atoms with E-state index in [9.17, 15) is 9.90 Å². The Morgan fingerprint density at radius 2 is 2.30 bits per heavy atom. The molecule has 2 aliphatic rings. The lowest BCUT2D eigenvalue weighted by atomic mass is 9.81. The zero-order chi connectivity index (χ0) is 16.4. The number of fused-ring (bicyclic) bond motifs is 1. The molecular weight excluding hydrogens is 296 g/mol. The van der Waals surface area contributed by atoms with E-state index in [2.05, 4.69) is 11.8 Å². The Hall–Kier alpha value is -2.23. The summed E-state index contributed by atoms with van der Waals surface area (Å²) in [5.41, 5.74) is 5.55. The number of carbonyl (C=O) groups is 1. The van der Waals surface area contributed by atoms with Gasteiger partial charge in [0.05, 0.1) is 5.69 Å². The van der Waals surface area contributed by atoms with E-state index in [0.717, 1.165) is 19.3 Å². The average Bonchev–Trinajstić information content (AvgIpc) is 2.63. The standard InChI is InChI=1S/C17H20N2O4/c1-19-14-10-12(22-9-3-8-17(21)6-2-7-17)4-5-15(14)23-11-13(18)16(19)20/h4-5,10,13,21H,2,6-7,9,11,18H2,1H3/t13-/m0/s1. The van der Waals surface area contributed by atoms with Crippen molar-refractivity contribution in [2.75, 3.05) is 25.2 Å². The first-order chi connectivity index (χ1) is 11.0. The van der Waals surface area contributed by atoms with Crippen LogP contribution in [0.1, 0.15) is 19.3 Å². The molecule has 1 aromatic carbocycles. The fraction of sp³-hybridized carbons (Fsp3) is 0.471. The van der Waals surface area contributed by atoms with E-state index in [1.165, 1.54) is 4.90 Å². The molecule has 0 unspecified atom stereocenters. The van der Waals surface area contributed by atoms with Crippen LogP contribution >= 0.6 is 0 Å². The second-order valence-electron chi connectivity index (χ2n) is 5.92. The van der Waals surface area contributed by atoms with E-state index in [1.807, 2.05) is 0 Å². The number of ether oxygens (including phenoxy) is 2. The Morgan fingerprint density at radius 1 is 1.52 bits per heavy atom. The highest BCUT2D eigenvalue weighted by molar-refractivity contribution is 5.98. The maximum Gasteiger partial charge on any atom is 0.247 e. The molecule has 6 nitrogen and oxygen atoms in total. The number of nitrogens with zero attached hydrogens (tertiary/aromatic N) is 1. The molecule has 3 N–H and O–H groups in total. The lowest BCUT2D eigenvalue weighted by molar-refractivity contribution is -0.119. The molecule has 1 saturated carbocycles. The van der Waals surface area contributed by atoms with Gasteiger partial charge in [0.15, 0.2) is 0 Å². The molecule has 1 fully saturated rings. The Balaban J connectivity index is 1.69. The third-order valence-corrected chi connectivity index (χ3v) is 4.17. The predicted octanol–water partition coefficient (Wildman–Crippen LogP) is 0.666. The van der Waals surface area contributed by atoms with Crippen LogP contribution in [0.3, 0.4) is 0 Å². The number of likely N-dealkylation sites (N-methyl/N-ethyl adjacent to an activating group) is 1. The molecule has 0 bridgehead atoms. The van der Waals surface area contributed by atoms with Crippen LogP contribution in [0.15, 0.2) is 18.2 Å². The molecule has 1 aliphatic heterocycles. The number of amides is 1. The highest BCUT2D eigenvalue weighted by atomic mass is 16.5. The molecule has 23 heavy (non-hydrogen) atoms. The molecule has 0 radical (unpaired) electrons. The number of carbonyl (C=O) groups excluding carboxylic acids is 1. The molecule has 122 valence electrons. The van der Waals surface area contributed by atoms with Crippen LogP contribution in [0.5, 0.6) is 11.5 Å². The predicted molar refractivity (Wildman–Crippen MR) is 85.4 cm³/mol. The van der Waals surface area contributed by atoms with E-state index in [0.29, 0.717) is 17.2 Å². The van der Waals surface area contributed by atoms with Gasteiger partial charge < -0.3 is 25.2 Å². The topological polar surface area (TPSA) is 85.0 Å². The smallest absolute Gasteiger partial charge is 0.247 e. The summed E-state index contributed by atoms with van der Waals surface area (Å²) in [5.74, 6) is 6.65. The number of aliphatic hydroxyl groups is 1. The Morgan fingerprint density at radius 3 is 3.00 bits per heavy atom. The summed E-state index contributed by atoms with van der Waals surface area (Å²) >= 11 is 0. The summed E-state index contributed by atoms with van der Waals surface area (Å²) in [6, 6.07) is 4.56. The van der Waals surface area contributed by atoms with Crippen molar-refractivity contribution in [3.63, 3.8) is 0 Å². The number of benzene rings is 1. The number of hydrogen-bond donors (Lipinski definition) is 2. The normalized spacial score (nSPS) is 22.0. The molecule has 0 spiro atoms. The first kappa shape index (κ1) is 15.7. The van der Waals surface area contributed by atoms with Gasteiger partial charge in [-0.1, -0.05) is 11.8 Å². The fourth-order valence-electron chi connectivity index (χ4n) is 2.55. The molecule has 0 saturated heterocycles. The lowest BCUT2D eigenvalue weighted by Crippen LogP contribution is -2.43. The van der Waals surface area contributed by atoms with Crippen molar-refractivity contribution >= 4 is 11.6 Å². The SMILES string of the molecule is CN1C(=O)[C@@H](N)COc2ccc(OCC#CC3(O)CCC3)cc21. The molecule has 1 heterocycles. The van der Waals surface area contributed by atoms with Gasteiger partial charge in [0.1, 0.15) is 36.4 Å². The largest absolute Gasteiger partial charge is 0.489 e. The van der Waals surface area contributed by atoms with Gasteiger partial charge in [-0.2, -0.15) is 0 Å². The minimum Gasteiger partial charge on any atom is -0.489 e. The summed E-state index contributed by atoms with van der Waals surface area (Å²) in [7, 11) is 1.66. The van der Waals surface area contributed by atoms with Crippen LogP contribution in [0.2, 0.25) is 0 Å². The van der Waals surface area contributed by atoms with Gasteiger partial charge in [-0.05, 0) is 31.4 Å². The van der Waals surface area contributed by atoms with E-state index < -0.39 is 11.6 Å². The van der Waals surface area contributed by atoms with Crippen molar-refractivity contribution in [1.82, 2.24) is 0 Å². The minimum atomic E-state index is -0.826. The maximum absolute atomic E-state index is 12.1. The van der Waals surface area contributed by atoms with Gasteiger partial charge in [-0.3, -0.25) is 4.79 Å². The van der Waals surface area contributed by atoms with Crippen LogP contribution in [0.4, 0.5) is 5.69 Å². The Bertz CT molecular complexity index is 673. The number of rotatable bonds is 2. The third kappa shape index (κ3) is 3.26. The summed E-state index contributed by atoms with van der Waals surface area (Å²) < 4.78 is 11.1. The number of anilines is 1. The number of nitrogens with two attached hydrogens (primary N) is 1. The molecule has 1 atom stereocenters. The Kier molecular flexibility index (Phi) is 4.16. The van der Waals surface area contributed by atoms with Gasteiger partial charge >= 0.3 is 0 Å². The quantitative estimate of drug-likeness (QED) is 0.783. The van der Waals surface area contributed by atoms with Crippen LogP contribution in [-0.4, -0.2) is 42.9 Å². The second kappa shape index (κ2) is 6.11. The molecule has 1 aromatic rings. The maximum atomic E-state index is 12.1. The number of hydrogen-bond acceptors (Lipinski definition) is 5. The van der Waals surface area contributed by atoms with E-state index >= 15 is 0 Å². The van der Waals surface area contributed by atoms with Crippen LogP contribution < -0.4 is 20.1 Å². The van der Waals surface area contributed by atoms with Crippen LogP contribution in [-0.2, 0) is 4.79 Å². The molecule has 3 rings (SSSR count). The van der Waals surface area contributed by atoms with Gasteiger partial charge in [0.25, 0.3) is 0 Å². The second-order valence-corrected chi connectivity index (χ2v) is 5.92. The molecule has 1 amide bonds. The van der Waals surface area contributed by atoms with E-state index in [1.54, 1.807) is 25.2 Å². The van der Waals surface area contributed by atoms with E-state index in [4.69, 9.17) is 15.2 Å². The summed E-state index contributed by atoms with van der Waals surface area (Å²) in [6.45, 7) is 0.333. The first-order valence-electron chi connectivity index (χ1n) is 7.64. The summed E-state index contributed by atoms with van der Waals surface area (Å²) in [6.07, 6.45) is 2.46. The fourth-order valence-corrected chi connectivity index (χ4v) is 2.55. The molecule has 1 aliphatic carbocycles. The van der Waals surface area contributed by atoms with Crippen molar-refractivity contribution < 1.29 is 19.4 Å². The third-order valence-electron chi connectivity index (χ3n) is 4.17. The van der Waals surface area contributed by atoms with Gasteiger partial charge in [-0.15, -0.1) is 0 Å². The van der Waals surface area contributed by atoms with Crippen LogP contribution in [0.25, 0.3) is 0 Å². The van der Waals surface area contributed by atoms with Gasteiger partial charge in [-0.25, -0.2) is 0 Å². The average molecular weight is 316 g/mol. The van der Waals surface area contributed by atoms with Crippen molar-refractivity contribution in [3.8, 4) is 23.3 Å². The van der Waals surface area contributed by atoms with Crippen molar-refractivity contribution in [2.24, 2.45) is 5.73 Å². The van der Waals surface area contributed by atoms with Crippen molar-refractivity contribution in [3.05, 3.63) is 18.2 Å². The highest BCUT2D eigenvalue weighted by Crippen LogP contribution is 2.34. The monoisotopic (exact) mass is 316 g/mol. The van der Waals surface area contributed by atoms with Crippen LogP contribution in [0, 0.1) is 11.8 Å². The summed E-state index contributed by atoms with van der Waals surface area (Å²) in [5, 5.41) is 9.88. The van der Waals surface area contributed by atoms with Crippen molar-refractivity contribution in [1.29, 1.82) is 0 Å². The Labute approximate surface area is 135 Å². The van der Waals surface area contributed by atoms with E-state index in [-0.39, 0.29) is 19.1 Å². The zero-order valence-corrected chi connectivity index (χ0v) is 13.0. The van der Waals surface area contributed by atoms with Crippen molar-refractivity contribution in [2.45, 2.75) is 30.9 Å². The lowest BCUT2D eigenvalue weighted by Gasteiger charge is -2.30. The molecule has 0 aromatic heterocycles. The summed E-state index contributed by atoms with van der Waals surface area (Å²) in [4.78, 5) is 13.5. The zero-order valence-electron chi connectivity index (χ0n) is 13.0. The molecular formula is C17H20N2O4. The first-order valence-corrected chi connectivity index (χ1v) is 7.64. The molecule has 6 heteroatoms. The highest BCUT2D eigenvalue weighted by Gasteiger charge is 2.32. The van der Waals surface area contributed by atoms with Gasteiger partial charge in [0.2, 0.25) is 5.91 Å².